The molecule has 2 aliphatic rings. The van der Waals surface area contributed by atoms with Crippen LogP contribution in [-0.4, -0.2) is 52.8 Å². The van der Waals surface area contributed by atoms with Gasteiger partial charge in [-0.25, -0.2) is 9.78 Å². The number of ether oxygens (including phenoxy) is 1. The van der Waals surface area contributed by atoms with Crippen molar-refractivity contribution >= 4 is 17.1 Å². The quantitative estimate of drug-likeness (QED) is 0.787. The van der Waals surface area contributed by atoms with Gasteiger partial charge in [0.15, 0.2) is 0 Å². The first-order valence-corrected chi connectivity index (χ1v) is 9.33. The van der Waals surface area contributed by atoms with Crippen LogP contribution in [0.1, 0.15) is 25.7 Å². The van der Waals surface area contributed by atoms with Gasteiger partial charge in [-0.2, -0.15) is 0 Å². The molecule has 1 N–H and O–H groups in total. The second-order valence-corrected chi connectivity index (χ2v) is 7.13. The van der Waals surface area contributed by atoms with E-state index in [0.717, 1.165) is 63.0 Å². The van der Waals surface area contributed by atoms with E-state index in [1.165, 1.54) is 0 Å². The van der Waals surface area contributed by atoms with Gasteiger partial charge < -0.3 is 19.5 Å². The van der Waals surface area contributed by atoms with E-state index in [4.69, 9.17) is 4.74 Å². The number of aromatic nitrogens is 2. The number of fused-ring (bicyclic) bond motifs is 1. The average Bonchev–Trinajstić information content (AvgIpc) is 3.18. The number of benzene rings is 1. The van der Waals surface area contributed by atoms with Crippen molar-refractivity contribution in [3.63, 3.8) is 0 Å². The van der Waals surface area contributed by atoms with Gasteiger partial charge in [-0.05, 0) is 37.8 Å². The second-order valence-electron chi connectivity index (χ2n) is 7.13. The van der Waals surface area contributed by atoms with Crippen LogP contribution in [0, 0.1) is 5.92 Å². The summed E-state index contributed by atoms with van der Waals surface area (Å²) in [5.41, 5.74) is 2.17. The smallest absolute Gasteiger partial charge is 0.317 e. The Labute approximate surface area is 148 Å². The van der Waals surface area contributed by atoms with E-state index in [2.05, 4.69) is 20.9 Å². The number of nitrogens with one attached hydrogen (secondary N) is 1. The van der Waals surface area contributed by atoms with Gasteiger partial charge in [0, 0.05) is 38.2 Å². The van der Waals surface area contributed by atoms with E-state index in [-0.39, 0.29) is 6.03 Å². The number of carbonyl (C=O) groups is 1. The zero-order valence-electron chi connectivity index (χ0n) is 14.6. The summed E-state index contributed by atoms with van der Waals surface area (Å²) in [5.74, 6) is 0.503. The molecule has 2 fully saturated rings. The highest BCUT2D eigenvalue weighted by molar-refractivity contribution is 5.75. The second kappa shape index (κ2) is 7.44. The summed E-state index contributed by atoms with van der Waals surface area (Å²) >= 11 is 0. The highest BCUT2D eigenvalue weighted by atomic mass is 16.5. The molecule has 2 amide bonds. The zero-order chi connectivity index (χ0) is 17.1. The lowest BCUT2D eigenvalue weighted by Crippen LogP contribution is -2.44. The molecule has 1 atom stereocenters. The number of imidazole rings is 1. The molecule has 6 heteroatoms. The Morgan fingerprint density at radius 2 is 2.20 bits per heavy atom. The maximum absolute atomic E-state index is 12.5. The Bertz CT molecular complexity index is 719. The van der Waals surface area contributed by atoms with E-state index in [0.29, 0.717) is 18.5 Å². The van der Waals surface area contributed by atoms with Crippen LogP contribution in [0.4, 0.5) is 4.79 Å². The predicted molar refractivity (Wildman–Crippen MR) is 96.4 cm³/mol. The number of aryl methyl sites for hydroxylation is 1. The fourth-order valence-electron chi connectivity index (χ4n) is 3.52. The number of rotatable bonds is 7. The van der Waals surface area contributed by atoms with Crippen LogP contribution in [0.15, 0.2) is 30.6 Å². The van der Waals surface area contributed by atoms with Crippen LogP contribution in [0.2, 0.25) is 0 Å². The van der Waals surface area contributed by atoms with Crippen molar-refractivity contribution in [2.75, 3.05) is 26.3 Å². The maximum Gasteiger partial charge on any atom is 0.317 e. The SMILES string of the molecule is O=C(NCCCn1cnc2ccccc21)N(CC1CCOC1)C1CC1. The molecule has 0 bridgehead atoms. The minimum atomic E-state index is 0.0879. The van der Waals surface area contributed by atoms with Crippen LogP contribution < -0.4 is 5.32 Å². The summed E-state index contributed by atoms with van der Waals surface area (Å²) in [5, 5.41) is 3.10. The van der Waals surface area contributed by atoms with Crippen LogP contribution in [0.3, 0.4) is 0 Å². The number of para-hydroxylation sites is 2. The van der Waals surface area contributed by atoms with Crippen molar-refractivity contribution in [2.45, 2.75) is 38.3 Å². The van der Waals surface area contributed by atoms with E-state index < -0.39 is 0 Å². The van der Waals surface area contributed by atoms with E-state index in [1.807, 2.05) is 29.4 Å². The Morgan fingerprint density at radius 1 is 1.32 bits per heavy atom. The number of carbonyl (C=O) groups excluding carboxylic acids is 1. The van der Waals surface area contributed by atoms with Gasteiger partial charge in [0.05, 0.1) is 24.0 Å². The summed E-state index contributed by atoms with van der Waals surface area (Å²) in [4.78, 5) is 19.0. The van der Waals surface area contributed by atoms with Gasteiger partial charge in [0.25, 0.3) is 0 Å². The van der Waals surface area contributed by atoms with Crippen molar-refractivity contribution in [2.24, 2.45) is 5.92 Å². The molecule has 2 heterocycles. The lowest BCUT2D eigenvalue weighted by molar-refractivity contribution is 0.162. The molecule has 1 aromatic carbocycles. The molecule has 134 valence electrons. The first-order valence-electron chi connectivity index (χ1n) is 9.33. The number of amides is 2. The molecule has 1 saturated carbocycles. The first kappa shape index (κ1) is 16.4. The predicted octanol–water partition coefficient (Wildman–Crippen LogP) is 2.64. The molecule has 1 aliphatic carbocycles. The van der Waals surface area contributed by atoms with Crippen molar-refractivity contribution in [1.82, 2.24) is 19.8 Å². The monoisotopic (exact) mass is 342 g/mol. The van der Waals surface area contributed by atoms with Gasteiger partial charge in [-0.3, -0.25) is 0 Å². The maximum atomic E-state index is 12.5. The van der Waals surface area contributed by atoms with Gasteiger partial charge in [-0.1, -0.05) is 12.1 Å². The third-order valence-corrected chi connectivity index (χ3v) is 5.11. The van der Waals surface area contributed by atoms with Crippen LogP contribution in [0.5, 0.6) is 0 Å². The fourth-order valence-corrected chi connectivity index (χ4v) is 3.52. The molecule has 2 aromatic rings. The zero-order valence-corrected chi connectivity index (χ0v) is 14.6. The van der Waals surface area contributed by atoms with Gasteiger partial charge in [0.2, 0.25) is 0 Å². The number of hydrogen-bond donors (Lipinski definition) is 1. The normalized spacial score (nSPS) is 20.1. The topological polar surface area (TPSA) is 59.4 Å². The third kappa shape index (κ3) is 3.95. The summed E-state index contributed by atoms with van der Waals surface area (Å²) in [6.07, 6.45) is 6.13. The van der Waals surface area contributed by atoms with Crippen molar-refractivity contribution in [3.8, 4) is 0 Å². The third-order valence-electron chi connectivity index (χ3n) is 5.11. The summed E-state index contributed by atoms with van der Waals surface area (Å²) in [6, 6.07) is 8.67. The van der Waals surface area contributed by atoms with E-state index in [1.54, 1.807) is 0 Å². The number of urea groups is 1. The fraction of sp³-hybridized carbons (Fsp3) is 0.579. The molecule has 1 aromatic heterocycles. The van der Waals surface area contributed by atoms with Gasteiger partial charge in [0.1, 0.15) is 0 Å². The summed E-state index contributed by atoms with van der Waals surface area (Å²) in [6.45, 7) is 4.02. The van der Waals surface area contributed by atoms with Crippen molar-refractivity contribution in [3.05, 3.63) is 30.6 Å². The Hall–Kier alpha value is -2.08. The van der Waals surface area contributed by atoms with Gasteiger partial charge >= 0.3 is 6.03 Å². The lowest BCUT2D eigenvalue weighted by Gasteiger charge is -2.25. The number of nitrogens with zero attached hydrogens (tertiary/aromatic N) is 3. The lowest BCUT2D eigenvalue weighted by atomic mass is 10.1. The number of hydrogen-bond acceptors (Lipinski definition) is 3. The molecular formula is C19H26N4O2. The summed E-state index contributed by atoms with van der Waals surface area (Å²) in [7, 11) is 0. The Morgan fingerprint density at radius 3 is 3.00 bits per heavy atom. The largest absolute Gasteiger partial charge is 0.381 e. The minimum Gasteiger partial charge on any atom is -0.381 e. The van der Waals surface area contributed by atoms with Crippen molar-refractivity contribution in [1.29, 1.82) is 0 Å². The molecule has 4 rings (SSSR count). The van der Waals surface area contributed by atoms with E-state index in [9.17, 15) is 4.79 Å². The van der Waals surface area contributed by atoms with Crippen LogP contribution in [0.25, 0.3) is 11.0 Å². The molecule has 1 saturated heterocycles. The first-order chi connectivity index (χ1) is 12.3. The van der Waals surface area contributed by atoms with Gasteiger partial charge in [-0.15, -0.1) is 0 Å². The Kier molecular flexibility index (Phi) is 4.88. The molecule has 6 nitrogen and oxygen atoms in total. The molecule has 25 heavy (non-hydrogen) atoms. The molecule has 1 unspecified atom stereocenters. The average molecular weight is 342 g/mol. The van der Waals surface area contributed by atoms with Crippen LogP contribution in [-0.2, 0) is 11.3 Å². The van der Waals surface area contributed by atoms with E-state index >= 15 is 0 Å². The summed E-state index contributed by atoms with van der Waals surface area (Å²) < 4.78 is 7.59. The van der Waals surface area contributed by atoms with Crippen molar-refractivity contribution < 1.29 is 9.53 Å². The Balaban J connectivity index is 1.25. The highest BCUT2D eigenvalue weighted by Gasteiger charge is 2.34. The van der Waals surface area contributed by atoms with Crippen LogP contribution >= 0.6 is 0 Å². The minimum absolute atomic E-state index is 0.0879. The molecule has 0 radical (unpaired) electrons. The highest BCUT2D eigenvalue weighted by Crippen LogP contribution is 2.29. The molecular weight excluding hydrogens is 316 g/mol. The molecule has 0 spiro atoms. The molecule has 1 aliphatic heterocycles. The standard InChI is InChI=1S/C19H26N4O2/c24-19(23(16-6-7-16)12-15-8-11-25-13-15)20-9-3-10-22-14-21-17-4-1-2-5-18(17)22/h1-2,4-5,14-16H,3,6-13H2,(H,20,24).